The van der Waals surface area contributed by atoms with Crippen molar-refractivity contribution in [2.24, 2.45) is 5.92 Å². The predicted octanol–water partition coefficient (Wildman–Crippen LogP) is 1.32. The lowest BCUT2D eigenvalue weighted by molar-refractivity contribution is -0.123. The smallest absolute Gasteiger partial charge is 0.237 e. The standard InChI is InChI=1S/C10H20N2O.ClH/c1-7(2)6-9(11-3)10(13)12-8-4-5-8;/h7-9,11H,4-6H2,1-3H3,(H,12,13);1H. The fraction of sp³-hybridized carbons (Fsp3) is 0.900. The van der Waals surface area contributed by atoms with Gasteiger partial charge in [-0.05, 0) is 32.2 Å². The first-order chi connectivity index (χ1) is 6.13. The molecule has 0 heterocycles. The zero-order valence-corrected chi connectivity index (χ0v) is 9.99. The largest absolute Gasteiger partial charge is 0.352 e. The topological polar surface area (TPSA) is 41.1 Å². The fourth-order valence-corrected chi connectivity index (χ4v) is 1.36. The third kappa shape index (κ3) is 4.82. The second-order valence-corrected chi connectivity index (χ2v) is 4.25. The Morgan fingerprint density at radius 3 is 2.36 bits per heavy atom. The molecule has 0 aliphatic heterocycles. The Kier molecular flexibility index (Phi) is 6.12. The van der Waals surface area contributed by atoms with Crippen LogP contribution in [0, 0.1) is 5.92 Å². The van der Waals surface area contributed by atoms with Gasteiger partial charge in [0.25, 0.3) is 0 Å². The maximum absolute atomic E-state index is 11.6. The van der Waals surface area contributed by atoms with E-state index in [-0.39, 0.29) is 24.4 Å². The van der Waals surface area contributed by atoms with E-state index in [1.54, 1.807) is 0 Å². The zero-order chi connectivity index (χ0) is 9.84. The summed E-state index contributed by atoms with van der Waals surface area (Å²) >= 11 is 0. The van der Waals surface area contributed by atoms with E-state index >= 15 is 0 Å². The predicted molar refractivity (Wildman–Crippen MR) is 60.7 cm³/mol. The summed E-state index contributed by atoms with van der Waals surface area (Å²) in [5.74, 6) is 0.723. The molecule has 0 radical (unpaired) electrons. The number of likely N-dealkylation sites (N-methyl/N-ethyl adjacent to an activating group) is 1. The van der Waals surface area contributed by atoms with Crippen molar-refractivity contribution in [1.29, 1.82) is 0 Å². The second-order valence-electron chi connectivity index (χ2n) is 4.25. The Balaban J connectivity index is 0.00000169. The Labute approximate surface area is 92.4 Å². The van der Waals surface area contributed by atoms with Gasteiger partial charge in [0.15, 0.2) is 0 Å². The highest BCUT2D eigenvalue weighted by molar-refractivity contribution is 5.85. The van der Waals surface area contributed by atoms with Crippen LogP contribution in [0.15, 0.2) is 0 Å². The van der Waals surface area contributed by atoms with Gasteiger partial charge in [0, 0.05) is 6.04 Å². The first-order valence-electron chi connectivity index (χ1n) is 5.11. The molecule has 4 heteroatoms. The van der Waals surface area contributed by atoms with Gasteiger partial charge < -0.3 is 10.6 Å². The minimum absolute atomic E-state index is 0. The third-order valence-electron chi connectivity index (χ3n) is 2.30. The zero-order valence-electron chi connectivity index (χ0n) is 9.17. The van der Waals surface area contributed by atoms with Gasteiger partial charge in [-0.25, -0.2) is 0 Å². The van der Waals surface area contributed by atoms with Crippen molar-refractivity contribution in [2.45, 2.75) is 45.2 Å². The van der Waals surface area contributed by atoms with Gasteiger partial charge >= 0.3 is 0 Å². The van der Waals surface area contributed by atoms with E-state index in [2.05, 4.69) is 24.5 Å². The molecule has 0 saturated heterocycles. The molecule has 84 valence electrons. The normalized spacial score (nSPS) is 17.4. The minimum atomic E-state index is -0.0133. The van der Waals surface area contributed by atoms with Crippen LogP contribution in [0.2, 0.25) is 0 Å². The summed E-state index contributed by atoms with van der Waals surface area (Å²) < 4.78 is 0. The summed E-state index contributed by atoms with van der Waals surface area (Å²) in [5.41, 5.74) is 0. The summed E-state index contributed by atoms with van der Waals surface area (Å²) in [6.07, 6.45) is 3.22. The quantitative estimate of drug-likeness (QED) is 0.734. The van der Waals surface area contributed by atoms with Gasteiger partial charge in [-0.1, -0.05) is 13.8 Å². The molecule has 1 unspecified atom stereocenters. The maximum atomic E-state index is 11.6. The number of halogens is 1. The van der Waals surface area contributed by atoms with Gasteiger partial charge in [-0.3, -0.25) is 4.79 Å². The van der Waals surface area contributed by atoms with E-state index in [1.807, 2.05) is 7.05 Å². The van der Waals surface area contributed by atoms with Crippen LogP contribution in [0.3, 0.4) is 0 Å². The van der Waals surface area contributed by atoms with Gasteiger partial charge in [0.05, 0.1) is 6.04 Å². The monoisotopic (exact) mass is 220 g/mol. The Hall–Kier alpha value is -0.280. The summed E-state index contributed by atoms with van der Waals surface area (Å²) in [7, 11) is 1.85. The molecule has 1 aliphatic carbocycles. The Bertz CT molecular complexity index is 181. The van der Waals surface area contributed by atoms with Gasteiger partial charge in [-0.2, -0.15) is 0 Å². The molecule has 3 nitrogen and oxygen atoms in total. The Morgan fingerprint density at radius 2 is 2.00 bits per heavy atom. The van der Waals surface area contributed by atoms with Crippen LogP contribution in [0.1, 0.15) is 33.1 Å². The summed E-state index contributed by atoms with van der Waals surface area (Å²) in [6, 6.07) is 0.455. The van der Waals surface area contributed by atoms with Crippen LogP contribution in [-0.4, -0.2) is 25.0 Å². The highest BCUT2D eigenvalue weighted by Gasteiger charge is 2.26. The van der Waals surface area contributed by atoms with Gasteiger partial charge in [0.1, 0.15) is 0 Å². The fourth-order valence-electron chi connectivity index (χ4n) is 1.36. The van der Waals surface area contributed by atoms with Crippen LogP contribution in [0.5, 0.6) is 0 Å². The highest BCUT2D eigenvalue weighted by Crippen LogP contribution is 2.19. The van der Waals surface area contributed by atoms with E-state index in [4.69, 9.17) is 0 Å². The van der Waals surface area contributed by atoms with Crippen molar-refractivity contribution in [3.8, 4) is 0 Å². The van der Waals surface area contributed by atoms with E-state index in [9.17, 15) is 4.79 Å². The molecule has 0 bridgehead atoms. The van der Waals surface area contributed by atoms with Crippen molar-refractivity contribution in [3.63, 3.8) is 0 Å². The second kappa shape index (κ2) is 6.25. The van der Waals surface area contributed by atoms with Gasteiger partial charge in [-0.15, -0.1) is 12.4 Å². The molecule has 1 amide bonds. The minimum Gasteiger partial charge on any atom is -0.352 e. The van der Waals surface area contributed by atoms with Crippen molar-refractivity contribution >= 4 is 18.3 Å². The molecule has 1 saturated carbocycles. The average Bonchev–Trinajstić information content (AvgIpc) is 2.83. The van der Waals surface area contributed by atoms with Crippen molar-refractivity contribution in [3.05, 3.63) is 0 Å². The maximum Gasteiger partial charge on any atom is 0.237 e. The summed E-state index contributed by atoms with van der Waals surface area (Å²) in [6.45, 7) is 4.27. The molecule has 1 aliphatic rings. The van der Waals surface area contributed by atoms with Gasteiger partial charge in [0.2, 0.25) is 5.91 Å². The van der Waals surface area contributed by atoms with E-state index < -0.39 is 0 Å². The van der Waals surface area contributed by atoms with Crippen LogP contribution in [0.25, 0.3) is 0 Å². The molecule has 2 N–H and O–H groups in total. The van der Waals surface area contributed by atoms with E-state index in [1.165, 1.54) is 0 Å². The van der Waals surface area contributed by atoms with E-state index in [0.29, 0.717) is 12.0 Å². The Morgan fingerprint density at radius 1 is 1.43 bits per heavy atom. The SMILES string of the molecule is CNC(CC(C)C)C(=O)NC1CC1.Cl. The van der Waals surface area contributed by atoms with Crippen molar-refractivity contribution in [2.75, 3.05) is 7.05 Å². The van der Waals surface area contributed by atoms with Crippen LogP contribution in [0.4, 0.5) is 0 Å². The molecular formula is C10H21ClN2O. The number of hydrogen-bond donors (Lipinski definition) is 2. The molecule has 0 aromatic heterocycles. The first kappa shape index (κ1) is 13.7. The lowest BCUT2D eigenvalue weighted by Gasteiger charge is -2.17. The van der Waals surface area contributed by atoms with Crippen LogP contribution in [-0.2, 0) is 4.79 Å². The molecular weight excluding hydrogens is 200 g/mol. The van der Waals surface area contributed by atoms with Crippen LogP contribution < -0.4 is 10.6 Å². The lowest BCUT2D eigenvalue weighted by Crippen LogP contribution is -2.44. The number of carbonyl (C=O) groups is 1. The average molecular weight is 221 g/mol. The molecule has 0 spiro atoms. The molecule has 0 aromatic carbocycles. The van der Waals surface area contributed by atoms with E-state index in [0.717, 1.165) is 19.3 Å². The first-order valence-corrected chi connectivity index (χ1v) is 5.11. The molecule has 1 atom stereocenters. The number of nitrogens with one attached hydrogen (secondary N) is 2. The number of hydrogen-bond acceptors (Lipinski definition) is 2. The third-order valence-corrected chi connectivity index (χ3v) is 2.30. The molecule has 14 heavy (non-hydrogen) atoms. The van der Waals surface area contributed by atoms with Crippen molar-refractivity contribution in [1.82, 2.24) is 10.6 Å². The summed E-state index contributed by atoms with van der Waals surface area (Å²) in [5, 5.41) is 6.06. The van der Waals surface area contributed by atoms with Crippen molar-refractivity contribution < 1.29 is 4.79 Å². The molecule has 0 aromatic rings. The summed E-state index contributed by atoms with van der Waals surface area (Å²) in [4.78, 5) is 11.6. The van der Waals surface area contributed by atoms with Crippen LogP contribution >= 0.6 is 12.4 Å². The molecule has 1 fully saturated rings. The molecule has 1 rings (SSSR count). The highest BCUT2D eigenvalue weighted by atomic mass is 35.5. The number of rotatable bonds is 5. The lowest BCUT2D eigenvalue weighted by atomic mass is 10.0. The number of amides is 1. The number of carbonyl (C=O) groups excluding carboxylic acids is 1.